The molecule has 2 aliphatic carbocycles. The van der Waals surface area contributed by atoms with E-state index in [2.05, 4.69) is 207 Å². The molecule has 6 aromatic heterocycles. The molecular formula is C101H126N6+6. The lowest BCUT2D eigenvalue weighted by molar-refractivity contribution is -0.667. The molecule has 6 heterocycles. The zero-order chi connectivity index (χ0) is 89.5. The van der Waals surface area contributed by atoms with Gasteiger partial charge in [-0.3, -0.25) is 0 Å². The zero-order valence-electron chi connectivity index (χ0n) is 81.9. The number of rotatable bonds is 8. The van der Waals surface area contributed by atoms with Crippen molar-refractivity contribution >= 4 is 0 Å². The summed E-state index contributed by atoms with van der Waals surface area (Å²) in [5.74, 6) is -1.15. The van der Waals surface area contributed by atoms with Crippen LogP contribution in [-0.4, -0.2) is 0 Å². The van der Waals surface area contributed by atoms with Gasteiger partial charge in [0, 0.05) is 150 Å². The number of hydrogen-bond donors (Lipinski definition) is 0. The predicted octanol–water partition coefficient (Wildman–Crippen LogP) is 22.2. The largest absolute Gasteiger partial charge is 0.215 e. The highest BCUT2D eigenvalue weighted by Crippen LogP contribution is 2.39. The molecule has 12 aromatic rings. The summed E-state index contributed by atoms with van der Waals surface area (Å²) in [6.07, 6.45) is 11.7. The highest BCUT2D eigenvalue weighted by Gasteiger charge is 2.27. The second kappa shape index (κ2) is 36.7. The van der Waals surface area contributed by atoms with E-state index in [4.69, 9.17) is 19.2 Å². The van der Waals surface area contributed by atoms with Crippen LogP contribution in [-0.2, 0) is 42.3 Å². The second-order valence-corrected chi connectivity index (χ2v) is 29.7. The smallest absolute Gasteiger partial charge is 0.201 e. The Balaban J connectivity index is 0.000000166. The summed E-state index contributed by atoms with van der Waals surface area (Å²) in [6.45, 7) is 22.0. The normalized spacial score (nSPS) is 15.5. The quantitative estimate of drug-likeness (QED) is 0.135. The monoisotopic (exact) mass is 1440 g/mol. The fraction of sp³-hybridized carbons (Fsp3) is 0.347. The average molecular weight is 1440 g/mol. The van der Waals surface area contributed by atoms with Crippen molar-refractivity contribution in [2.45, 2.75) is 194 Å². The van der Waals surface area contributed by atoms with Crippen LogP contribution < -0.4 is 27.4 Å². The van der Waals surface area contributed by atoms with Gasteiger partial charge in [-0.25, -0.2) is 9.13 Å². The number of hydrogen-bond acceptors (Lipinski definition) is 0. The van der Waals surface area contributed by atoms with E-state index in [1.807, 2.05) is 155 Å². The van der Waals surface area contributed by atoms with Gasteiger partial charge in [0.1, 0.15) is 42.3 Å². The molecule has 0 aliphatic heterocycles. The van der Waals surface area contributed by atoms with Crippen LogP contribution in [0.3, 0.4) is 0 Å². The first-order valence-electron chi connectivity index (χ1n) is 44.9. The zero-order valence-corrected chi connectivity index (χ0v) is 67.9. The van der Waals surface area contributed by atoms with Crippen molar-refractivity contribution in [3.63, 3.8) is 0 Å². The third kappa shape index (κ3) is 19.1. The number of benzene rings is 6. The lowest BCUT2D eigenvalue weighted by Crippen LogP contribution is -2.37. The topological polar surface area (TPSA) is 23.3 Å². The first-order valence-corrected chi connectivity index (χ1v) is 37.9. The lowest BCUT2D eigenvalue weighted by atomic mass is 9.92. The van der Waals surface area contributed by atoms with Crippen LogP contribution in [0.15, 0.2) is 200 Å². The van der Waals surface area contributed by atoms with Gasteiger partial charge in [0.25, 0.3) is 0 Å². The van der Waals surface area contributed by atoms with E-state index in [1.54, 1.807) is 12.3 Å². The molecule has 14 rings (SSSR count). The Labute approximate surface area is 665 Å². The molecule has 0 unspecified atom stereocenters. The third-order valence-corrected chi connectivity index (χ3v) is 22.3. The molecule has 554 valence electrons. The molecule has 0 atom stereocenters. The standard InChI is InChI=1S/2C19H24N.C17H22N.C16H20N.2C15H18N/c1-14-8-4-7-11-17(14)19-12-18(15(2)13-20(19)3)16-9-5-6-10-16;1-14-8-4-7-11-17(14)19-12-15(2)18(13-20(19)3)16-9-5-6-10-16;1-11-9-7-8-10-16(11)17-14(4)12(2)13(3)15(5)18(17)6;1-11-8-6-7-9-15(11)16-10-12(2)13(3)14(4)17(16)5;1-11-9-13(3)16(4)15(10-11)14-8-6-5-7-12(14)2;1-11-9-10-15(16(4)13(11)3)14-8-6-5-7-12(14)2/h2*4,7-8,11-13,16H,5-6,9-10H2,1-3H3;7-10H,1-6H3;6-10H,1-5H3;2*5-10H,1-4H3/q6*+1/i2D3,16D;16D;2*3D3;;1D3. The summed E-state index contributed by atoms with van der Waals surface area (Å²) in [6, 6.07) is 63.8. The van der Waals surface area contributed by atoms with Crippen LogP contribution in [0.2, 0.25) is 0 Å². The van der Waals surface area contributed by atoms with Crippen LogP contribution in [0.5, 0.6) is 0 Å². The first-order chi connectivity index (χ1) is 56.5. The summed E-state index contributed by atoms with van der Waals surface area (Å²) in [4.78, 5) is 0. The maximum absolute atomic E-state index is 8.87. The van der Waals surface area contributed by atoms with Crippen molar-refractivity contribution in [1.29, 1.82) is 0 Å². The molecule has 6 aromatic carbocycles. The number of aromatic nitrogens is 6. The Kier molecular flexibility index (Phi) is 21.7. The van der Waals surface area contributed by atoms with Gasteiger partial charge in [0.15, 0.2) is 35.2 Å². The van der Waals surface area contributed by atoms with E-state index < -0.39 is 33.3 Å². The van der Waals surface area contributed by atoms with Gasteiger partial charge in [-0.1, -0.05) is 135 Å². The molecule has 0 bridgehead atoms. The van der Waals surface area contributed by atoms with E-state index in [1.165, 1.54) is 85.6 Å². The molecule has 2 saturated carbocycles. The summed E-state index contributed by atoms with van der Waals surface area (Å²) >= 11 is 0. The van der Waals surface area contributed by atoms with Crippen molar-refractivity contribution in [1.82, 2.24) is 0 Å². The molecule has 6 heteroatoms. The van der Waals surface area contributed by atoms with Gasteiger partial charge in [-0.05, 0) is 245 Å². The Morgan fingerprint density at radius 1 is 0.280 bits per heavy atom. The van der Waals surface area contributed by atoms with Crippen LogP contribution in [0.25, 0.3) is 67.5 Å². The van der Waals surface area contributed by atoms with Crippen molar-refractivity contribution in [3.8, 4) is 67.5 Å². The Bertz CT molecular complexity index is 5710. The molecule has 0 radical (unpaired) electrons. The Hall–Kier alpha value is -9.78. The van der Waals surface area contributed by atoms with E-state index in [9.17, 15) is 0 Å². The van der Waals surface area contributed by atoms with Crippen LogP contribution >= 0.6 is 0 Å². The molecule has 2 fully saturated rings. The summed E-state index contributed by atoms with van der Waals surface area (Å²) < 4.78 is 123. The van der Waals surface area contributed by atoms with Crippen molar-refractivity contribution < 1.29 is 46.6 Å². The van der Waals surface area contributed by atoms with Crippen molar-refractivity contribution in [2.75, 3.05) is 0 Å². The highest BCUT2D eigenvalue weighted by molar-refractivity contribution is 5.68. The van der Waals surface area contributed by atoms with Crippen molar-refractivity contribution in [3.05, 3.63) is 318 Å². The Morgan fingerprint density at radius 3 is 1.12 bits per heavy atom. The van der Waals surface area contributed by atoms with Crippen LogP contribution in [0, 0.1) is 131 Å². The summed E-state index contributed by atoms with van der Waals surface area (Å²) in [5.41, 5.74) is 33.6. The molecule has 2 aliphatic rings. The molecule has 0 N–H and O–H groups in total. The summed E-state index contributed by atoms with van der Waals surface area (Å²) in [7, 11) is 11.9. The molecule has 0 amide bonds. The number of aryl methyl sites for hydroxylation is 14. The molecule has 6 nitrogen and oxygen atoms in total. The first kappa shape index (κ1) is 63.3. The lowest BCUT2D eigenvalue weighted by Gasteiger charge is -2.14. The minimum absolute atomic E-state index is 0.319. The Morgan fingerprint density at radius 2 is 0.664 bits per heavy atom. The van der Waals surface area contributed by atoms with E-state index >= 15 is 0 Å². The third-order valence-electron chi connectivity index (χ3n) is 22.3. The minimum Gasteiger partial charge on any atom is -0.201 e. The summed E-state index contributed by atoms with van der Waals surface area (Å²) in [5, 5.41) is 0. The number of nitrogens with zero attached hydrogens (tertiary/aromatic N) is 6. The molecule has 0 saturated heterocycles. The predicted molar refractivity (Wildman–Crippen MR) is 451 cm³/mol. The van der Waals surface area contributed by atoms with Gasteiger partial charge in [-0.15, -0.1) is 0 Å². The SMILES string of the molecule is Cc1cc(C)[n+](C)c(-c2ccccc2C)c1.[2H]C([2H])([2H])c1c(C)c(C)c(-c2ccccc2C)[n+](C)c1C.[2H]C([2H])([2H])c1c(C)cc(-c2ccccc2C)[n+](C)c1C.[2H]C([2H])([2H])c1c[n+](C)c(-c2ccccc2C)cc1C1([2H])CCCC1.[2H]C([2H])([2H])c1ccc(-c2ccccc2C)[n+](C)c1C.[2H]C1(c2c[n+](C)c(-c3ccccc3C)cc2C)CCCC1. The van der Waals surface area contributed by atoms with Gasteiger partial charge in [0.2, 0.25) is 34.2 Å². The van der Waals surface area contributed by atoms with Crippen molar-refractivity contribution in [2.24, 2.45) is 42.3 Å². The van der Waals surface area contributed by atoms with E-state index in [-0.39, 0.29) is 5.89 Å². The molecule has 0 spiro atoms. The maximum Gasteiger partial charge on any atom is 0.215 e. The molecular weight excluding hydrogens is 1300 g/mol. The average Bonchev–Trinajstić information content (AvgIpc) is 1.09. The second-order valence-electron chi connectivity index (χ2n) is 29.7. The van der Waals surface area contributed by atoms with Gasteiger partial charge in [0.05, 0.1) is 0 Å². The minimum atomic E-state index is -2.20. The molecule has 107 heavy (non-hydrogen) atoms. The van der Waals surface area contributed by atoms with Gasteiger partial charge < -0.3 is 0 Å². The highest BCUT2D eigenvalue weighted by atomic mass is 15.0. The maximum atomic E-state index is 8.87. The van der Waals surface area contributed by atoms with Gasteiger partial charge in [-0.2, -0.15) is 18.3 Å². The van der Waals surface area contributed by atoms with Gasteiger partial charge >= 0.3 is 0 Å². The number of pyridine rings is 6. The van der Waals surface area contributed by atoms with Crippen LogP contribution in [0.4, 0.5) is 0 Å². The van der Waals surface area contributed by atoms with Crippen LogP contribution in [0.1, 0.15) is 200 Å². The van der Waals surface area contributed by atoms with E-state index in [0.717, 1.165) is 123 Å². The fourth-order valence-electron chi connectivity index (χ4n) is 15.0. The van der Waals surface area contributed by atoms with E-state index in [0.29, 0.717) is 27.8 Å². The fourth-order valence-corrected chi connectivity index (χ4v) is 15.0.